The molecule has 0 aliphatic heterocycles. The van der Waals surface area contributed by atoms with Crippen LogP contribution in [0.3, 0.4) is 0 Å². The molecule has 0 aliphatic carbocycles. The van der Waals surface area contributed by atoms with Crippen LogP contribution in [0.1, 0.15) is 36.5 Å². The highest BCUT2D eigenvalue weighted by atomic mass is 32.1. The van der Waals surface area contributed by atoms with Gasteiger partial charge in [-0.3, -0.25) is 0 Å². The molecule has 2 heterocycles. The molecule has 0 saturated carbocycles. The number of rotatable bonds is 5. The lowest BCUT2D eigenvalue weighted by molar-refractivity contribution is 0.415. The number of hydrogen-bond donors (Lipinski definition) is 2. The summed E-state index contributed by atoms with van der Waals surface area (Å²) in [6.45, 7) is 4.34. The van der Waals surface area contributed by atoms with Crippen molar-refractivity contribution in [1.29, 1.82) is 0 Å². The molecule has 3 rings (SSSR count). The number of methoxy groups -OCH3 is 1. The van der Waals surface area contributed by atoms with Gasteiger partial charge >= 0.3 is 0 Å². The van der Waals surface area contributed by atoms with Crippen molar-refractivity contribution in [3.05, 3.63) is 51.8 Å². The first-order valence-electron chi connectivity index (χ1n) is 8.09. The highest BCUT2D eigenvalue weighted by Gasteiger charge is 2.16. The number of hydrogen-bond acceptors (Lipinski definition) is 6. The van der Waals surface area contributed by atoms with E-state index in [2.05, 4.69) is 52.8 Å². The van der Waals surface area contributed by atoms with Gasteiger partial charge in [-0.1, -0.05) is 13.8 Å². The van der Waals surface area contributed by atoms with Crippen molar-refractivity contribution < 1.29 is 4.74 Å². The maximum atomic E-state index is 6.03. The molecule has 130 valence electrons. The largest absolute Gasteiger partial charge is 0.496 e. The average molecular weight is 354 g/mol. The van der Waals surface area contributed by atoms with Crippen LogP contribution in [0.25, 0.3) is 11.1 Å². The van der Waals surface area contributed by atoms with Crippen molar-refractivity contribution in [3.8, 4) is 16.9 Å². The summed E-state index contributed by atoms with van der Waals surface area (Å²) in [5.74, 6) is 1.86. The Morgan fingerprint density at radius 2 is 2.00 bits per heavy atom. The van der Waals surface area contributed by atoms with E-state index >= 15 is 0 Å². The van der Waals surface area contributed by atoms with Gasteiger partial charge in [-0.15, -0.1) is 0 Å². The van der Waals surface area contributed by atoms with Gasteiger partial charge in [-0.2, -0.15) is 16.3 Å². The van der Waals surface area contributed by atoms with Gasteiger partial charge in [0.05, 0.1) is 7.11 Å². The lowest BCUT2D eigenvalue weighted by Crippen LogP contribution is -2.06. The van der Waals surface area contributed by atoms with Gasteiger partial charge in [0.15, 0.2) is 0 Å². The molecule has 0 aliphatic rings. The van der Waals surface area contributed by atoms with E-state index in [1.54, 1.807) is 24.6 Å². The monoisotopic (exact) mass is 354 g/mol. The minimum atomic E-state index is 0.194. The summed E-state index contributed by atoms with van der Waals surface area (Å²) in [7, 11) is 1.71. The molecule has 0 unspecified atom stereocenters. The van der Waals surface area contributed by atoms with Crippen LogP contribution in [0.5, 0.6) is 5.75 Å². The van der Waals surface area contributed by atoms with Gasteiger partial charge in [0.2, 0.25) is 5.95 Å². The zero-order valence-electron chi connectivity index (χ0n) is 14.6. The fourth-order valence-corrected chi connectivity index (χ4v) is 3.57. The van der Waals surface area contributed by atoms with Crippen molar-refractivity contribution in [3.63, 3.8) is 0 Å². The van der Waals surface area contributed by atoms with Crippen molar-refractivity contribution >= 4 is 23.1 Å². The predicted octanol–water partition coefficient (Wildman–Crippen LogP) is 4.09. The Kier molecular flexibility index (Phi) is 4.90. The molecule has 0 amide bonds. The maximum Gasteiger partial charge on any atom is 0.221 e. The summed E-state index contributed by atoms with van der Waals surface area (Å²) in [4.78, 5) is 8.15. The van der Waals surface area contributed by atoms with Gasteiger partial charge in [-0.05, 0) is 51.6 Å². The second-order valence-corrected chi connectivity index (χ2v) is 7.01. The van der Waals surface area contributed by atoms with E-state index in [4.69, 9.17) is 16.2 Å². The quantitative estimate of drug-likeness (QED) is 0.720. The average Bonchev–Trinajstić information content (AvgIpc) is 3.11. The molecule has 5 nitrogen and oxygen atoms in total. The van der Waals surface area contributed by atoms with Crippen LogP contribution in [-0.4, -0.2) is 17.1 Å². The van der Waals surface area contributed by atoms with Crippen molar-refractivity contribution in [2.75, 3.05) is 18.6 Å². The van der Waals surface area contributed by atoms with E-state index in [0.29, 0.717) is 18.2 Å². The van der Waals surface area contributed by atoms with Gasteiger partial charge in [0, 0.05) is 23.7 Å². The number of ether oxygens (including phenoxy) is 1. The van der Waals surface area contributed by atoms with Crippen LogP contribution >= 0.6 is 11.3 Å². The smallest absolute Gasteiger partial charge is 0.221 e. The zero-order chi connectivity index (χ0) is 18.0. The number of aromatic nitrogens is 2. The second-order valence-electron chi connectivity index (χ2n) is 6.23. The minimum Gasteiger partial charge on any atom is -0.496 e. The standard InChI is InChI=1S/C19H22N4OS/c1-11(2)15-8-17(24-3)16(12-4-5-25-10-12)7-13(15)6-14-9-22-19(21)23-18(14)20/h4-5,7-11H,6H2,1-3H3,(H4,20,21,22,23). The third kappa shape index (κ3) is 3.58. The summed E-state index contributed by atoms with van der Waals surface area (Å²) in [6, 6.07) is 6.41. The third-order valence-electron chi connectivity index (χ3n) is 4.21. The second kappa shape index (κ2) is 7.11. The summed E-state index contributed by atoms with van der Waals surface area (Å²) in [5.41, 5.74) is 17.2. The Bertz CT molecular complexity index is 875. The Morgan fingerprint density at radius 3 is 2.60 bits per heavy atom. The molecule has 0 radical (unpaired) electrons. The van der Waals surface area contributed by atoms with E-state index in [-0.39, 0.29) is 5.95 Å². The third-order valence-corrected chi connectivity index (χ3v) is 4.90. The van der Waals surface area contributed by atoms with E-state index in [9.17, 15) is 0 Å². The van der Waals surface area contributed by atoms with E-state index in [0.717, 1.165) is 22.4 Å². The van der Waals surface area contributed by atoms with E-state index in [1.165, 1.54) is 11.1 Å². The molecule has 4 N–H and O–H groups in total. The van der Waals surface area contributed by atoms with Crippen molar-refractivity contribution in [2.45, 2.75) is 26.2 Å². The molecule has 25 heavy (non-hydrogen) atoms. The Labute approximate surface area is 151 Å². The fourth-order valence-electron chi connectivity index (χ4n) is 2.92. The minimum absolute atomic E-state index is 0.194. The van der Waals surface area contributed by atoms with Gasteiger partial charge < -0.3 is 16.2 Å². The van der Waals surface area contributed by atoms with Crippen molar-refractivity contribution in [1.82, 2.24) is 9.97 Å². The zero-order valence-corrected chi connectivity index (χ0v) is 15.4. The summed E-state index contributed by atoms with van der Waals surface area (Å²) in [6.07, 6.45) is 2.36. The topological polar surface area (TPSA) is 87.0 Å². The Morgan fingerprint density at radius 1 is 1.20 bits per heavy atom. The van der Waals surface area contributed by atoms with Gasteiger partial charge in [-0.25, -0.2) is 4.98 Å². The van der Waals surface area contributed by atoms with Crippen LogP contribution < -0.4 is 16.2 Å². The molecule has 2 aromatic heterocycles. The first-order valence-corrected chi connectivity index (χ1v) is 9.04. The van der Waals surface area contributed by atoms with Gasteiger partial charge in [0.25, 0.3) is 0 Å². The molecule has 0 atom stereocenters. The van der Waals surface area contributed by atoms with Crippen LogP contribution in [-0.2, 0) is 6.42 Å². The van der Waals surface area contributed by atoms with Crippen molar-refractivity contribution in [2.24, 2.45) is 0 Å². The molecule has 6 heteroatoms. The van der Waals surface area contributed by atoms with Gasteiger partial charge in [0.1, 0.15) is 11.6 Å². The molecule has 0 spiro atoms. The van der Waals surface area contributed by atoms with Crippen LogP contribution in [0.4, 0.5) is 11.8 Å². The predicted molar refractivity (Wildman–Crippen MR) is 104 cm³/mol. The van der Waals surface area contributed by atoms with E-state index in [1.807, 2.05) is 0 Å². The molecular weight excluding hydrogens is 332 g/mol. The fraction of sp³-hybridized carbons (Fsp3) is 0.263. The maximum absolute atomic E-state index is 6.03. The van der Waals surface area contributed by atoms with Crippen LogP contribution in [0.15, 0.2) is 35.2 Å². The number of thiophene rings is 1. The highest BCUT2D eigenvalue weighted by Crippen LogP contribution is 2.37. The number of anilines is 2. The highest BCUT2D eigenvalue weighted by molar-refractivity contribution is 7.08. The first-order chi connectivity index (χ1) is 12.0. The number of nitrogens with zero attached hydrogens (tertiary/aromatic N) is 2. The Balaban J connectivity index is 2.11. The van der Waals surface area contributed by atoms with Crippen LogP contribution in [0, 0.1) is 0 Å². The normalized spacial score (nSPS) is 11.0. The molecule has 3 aromatic rings. The lowest BCUT2D eigenvalue weighted by Gasteiger charge is -2.18. The Hall–Kier alpha value is -2.60. The molecule has 1 aromatic carbocycles. The molecule has 0 bridgehead atoms. The first kappa shape index (κ1) is 17.2. The lowest BCUT2D eigenvalue weighted by atomic mass is 9.90. The SMILES string of the molecule is COc1cc(C(C)C)c(Cc2cnc(N)nc2N)cc1-c1ccsc1. The molecular formula is C19H22N4OS. The van der Waals surface area contributed by atoms with E-state index < -0.39 is 0 Å². The number of nitrogens with two attached hydrogens (primary N) is 2. The number of nitrogen functional groups attached to an aromatic ring is 2. The summed E-state index contributed by atoms with van der Waals surface area (Å²) in [5, 5.41) is 4.19. The summed E-state index contributed by atoms with van der Waals surface area (Å²) >= 11 is 1.67. The van der Waals surface area contributed by atoms with Crippen LogP contribution in [0.2, 0.25) is 0 Å². The number of benzene rings is 1. The summed E-state index contributed by atoms with van der Waals surface area (Å²) < 4.78 is 5.64. The molecule has 0 saturated heterocycles. The molecule has 0 fully saturated rings.